The minimum Gasteiger partial charge on any atom is -0.326 e. The first kappa shape index (κ1) is 15.9. The predicted octanol–water partition coefficient (Wildman–Crippen LogP) is 4.59. The van der Waals surface area contributed by atoms with Crippen LogP contribution < -0.4 is 10.6 Å². The summed E-state index contributed by atoms with van der Waals surface area (Å²) < 4.78 is 0. The van der Waals surface area contributed by atoms with Crippen LogP contribution in [0.15, 0.2) is 53.2 Å². The van der Waals surface area contributed by atoms with Gasteiger partial charge < -0.3 is 5.32 Å². The molecule has 4 nitrogen and oxygen atoms in total. The largest absolute Gasteiger partial charge is 0.326 e. The molecule has 0 spiro atoms. The van der Waals surface area contributed by atoms with Crippen LogP contribution in [0, 0.1) is 0 Å². The Bertz CT molecular complexity index is 846. The zero-order valence-corrected chi connectivity index (χ0v) is 13.9. The molecule has 0 atom stereocenters. The van der Waals surface area contributed by atoms with Gasteiger partial charge >= 0.3 is 0 Å². The second-order valence-electron chi connectivity index (χ2n) is 4.75. The number of hydrogen-bond acceptors (Lipinski definition) is 3. The van der Waals surface area contributed by atoms with E-state index in [-0.39, 0.29) is 11.6 Å². The molecular formula is C16H10Cl3N3O. The van der Waals surface area contributed by atoms with Crippen LogP contribution in [0.25, 0.3) is 6.08 Å². The van der Waals surface area contributed by atoms with E-state index in [0.29, 0.717) is 26.6 Å². The summed E-state index contributed by atoms with van der Waals surface area (Å²) in [5.74, 6) is 0.00847. The molecule has 0 radical (unpaired) electrons. The van der Waals surface area contributed by atoms with E-state index in [1.807, 2.05) is 6.07 Å². The molecule has 2 N–H and O–H groups in total. The first-order valence-electron chi connectivity index (χ1n) is 6.61. The molecule has 2 aromatic rings. The number of halogens is 3. The van der Waals surface area contributed by atoms with Crippen molar-refractivity contribution in [3.05, 3.63) is 68.8 Å². The van der Waals surface area contributed by atoms with Crippen molar-refractivity contribution in [2.45, 2.75) is 0 Å². The summed E-state index contributed by atoms with van der Waals surface area (Å²) in [7, 11) is 0. The van der Waals surface area contributed by atoms with Crippen molar-refractivity contribution in [1.82, 2.24) is 5.32 Å². The zero-order valence-electron chi connectivity index (χ0n) is 11.6. The molecule has 0 saturated heterocycles. The second-order valence-corrected chi connectivity index (χ2v) is 6.03. The summed E-state index contributed by atoms with van der Waals surface area (Å²) >= 11 is 17.9. The van der Waals surface area contributed by atoms with Crippen LogP contribution in [-0.2, 0) is 4.79 Å². The van der Waals surface area contributed by atoms with Gasteiger partial charge in [0.25, 0.3) is 5.91 Å². The van der Waals surface area contributed by atoms with Gasteiger partial charge in [0.2, 0.25) is 5.96 Å². The van der Waals surface area contributed by atoms with Crippen molar-refractivity contribution in [2.75, 3.05) is 5.32 Å². The van der Waals surface area contributed by atoms with Crippen molar-refractivity contribution >= 4 is 58.4 Å². The molecule has 1 heterocycles. The highest BCUT2D eigenvalue weighted by atomic mass is 35.5. The summed E-state index contributed by atoms with van der Waals surface area (Å²) in [6.45, 7) is 0. The SMILES string of the molecule is O=C1NC(Nc2cccc(Cl)c2)=N/C1=C\c1ccc(Cl)cc1Cl. The average molecular weight is 367 g/mol. The fourth-order valence-corrected chi connectivity index (χ4v) is 2.65. The lowest BCUT2D eigenvalue weighted by Crippen LogP contribution is -2.29. The van der Waals surface area contributed by atoms with Crippen molar-refractivity contribution in [3.8, 4) is 0 Å². The van der Waals surface area contributed by atoms with Gasteiger partial charge in [0.1, 0.15) is 5.70 Å². The molecule has 0 aromatic heterocycles. The molecule has 7 heteroatoms. The van der Waals surface area contributed by atoms with Gasteiger partial charge in [0.15, 0.2) is 0 Å². The standard InChI is InChI=1S/C16H10Cl3N3O/c17-10-2-1-3-12(7-10)20-16-21-14(15(23)22-16)6-9-4-5-11(18)8-13(9)19/h1-8H,(H2,20,21,22,23)/b14-6-. The summed E-state index contributed by atoms with van der Waals surface area (Å²) in [5.41, 5.74) is 1.63. The Morgan fingerprint density at radius 2 is 1.83 bits per heavy atom. The third-order valence-corrected chi connectivity index (χ3v) is 3.84. The number of benzene rings is 2. The van der Waals surface area contributed by atoms with Gasteiger partial charge in [-0.15, -0.1) is 0 Å². The van der Waals surface area contributed by atoms with Gasteiger partial charge in [-0.25, -0.2) is 4.99 Å². The molecule has 1 aliphatic rings. The Hall–Kier alpha value is -2.01. The molecule has 1 amide bonds. The van der Waals surface area contributed by atoms with Crippen molar-refractivity contribution < 1.29 is 4.79 Å². The summed E-state index contributed by atoms with van der Waals surface area (Å²) in [4.78, 5) is 16.2. The van der Waals surface area contributed by atoms with E-state index in [2.05, 4.69) is 15.6 Å². The van der Waals surface area contributed by atoms with Gasteiger partial charge in [0.05, 0.1) is 0 Å². The minimum atomic E-state index is -0.319. The number of aliphatic imine (C=N–C) groups is 1. The third-order valence-electron chi connectivity index (χ3n) is 3.04. The van der Waals surface area contributed by atoms with E-state index in [0.717, 1.165) is 5.69 Å². The van der Waals surface area contributed by atoms with Crippen LogP contribution >= 0.6 is 34.8 Å². The number of rotatable bonds is 2. The lowest BCUT2D eigenvalue weighted by molar-refractivity contribution is -0.115. The van der Waals surface area contributed by atoms with Crippen LogP contribution in [0.4, 0.5) is 5.69 Å². The first-order valence-corrected chi connectivity index (χ1v) is 7.74. The number of guanidine groups is 1. The normalized spacial score (nSPS) is 15.5. The highest BCUT2D eigenvalue weighted by Gasteiger charge is 2.20. The number of carbonyl (C=O) groups is 1. The summed E-state index contributed by atoms with van der Waals surface area (Å²) in [6, 6.07) is 12.1. The second kappa shape index (κ2) is 6.62. The van der Waals surface area contributed by atoms with Crippen LogP contribution in [0.1, 0.15) is 5.56 Å². The molecule has 0 aliphatic carbocycles. The maximum Gasteiger partial charge on any atom is 0.276 e. The summed E-state index contributed by atoms with van der Waals surface area (Å²) in [6.07, 6.45) is 1.60. The lowest BCUT2D eigenvalue weighted by Gasteiger charge is -2.04. The van der Waals surface area contributed by atoms with E-state index >= 15 is 0 Å². The number of hydrogen-bond donors (Lipinski definition) is 2. The van der Waals surface area contributed by atoms with Gasteiger partial charge in [-0.05, 0) is 42.0 Å². The smallest absolute Gasteiger partial charge is 0.276 e. The van der Waals surface area contributed by atoms with Crippen LogP contribution in [0.3, 0.4) is 0 Å². The van der Waals surface area contributed by atoms with Crippen LogP contribution in [0.5, 0.6) is 0 Å². The molecule has 1 aliphatic heterocycles. The van der Waals surface area contributed by atoms with E-state index in [1.54, 1.807) is 42.5 Å². The van der Waals surface area contributed by atoms with E-state index in [4.69, 9.17) is 34.8 Å². The predicted molar refractivity (Wildman–Crippen MR) is 95.1 cm³/mol. The van der Waals surface area contributed by atoms with E-state index in [1.165, 1.54) is 0 Å². The number of anilines is 1. The Morgan fingerprint density at radius 1 is 1.04 bits per heavy atom. The lowest BCUT2D eigenvalue weighted by atomic mass is 10.2. The minimum absolute atomic E-state index is 0.249. The molecule has 0 fully saturated rings. The number of nitrogens with zero attached hydrogens (tertiary/aromatic N) is 1. The maximum atomic E-state index is 12.0. The van der Waals surface area contributed by atoms with Crippen molar-refractivity contribution in [1.29, 1.82) is 0 Å². The van der Waals surface area contributed by atoms with Crippen molar-refractivity contribution in [2.24, 2.45) is 4.99 Å². The monoisotopic (exact) mass is 365 g/mol. The van der Waals surface area contributed by atoms with E-state index < -0.39 is 0 Å². The number of nitrogens with one attached hydrogen (secondary N) is 2. The molecule has 0 saturated carbocycles. The van der Waals surface area contributed by atoms with E-state index in [9.17, 15) is 4.79 Å². The van der Waals surface area contributed by atoms with Crippen LogP contribution in [0.2, 0.25) is 15.1 Å². The quantitative estimate of drug-likeness (QED) is 0.764. The molecule has 23 heavy (non-hydrogen) atoms. The molecule has 116 valence electrons. The topological polar surface area (TPSA) is 53.5 Å². The molecular weight excluding hydrogens is 357 g/mol. The highest BCUT2D eigenvalue weighted by Crippen LogP contribution is 2.24. The molecule has 0 bridgehead atoms. The fraction of sp³-hybridized carbons (Fsp3) is 0. The Balaban J connectivity index is 1.85. The molecule has 3 rings (SSSR count). The molecule has 0 unspecified atom stereocenters. The van der Waals surface area contributed by atoms with Gasteiger partial charge in [-0.2, -0.15) is 0 Å². The van der Waals surface area contributed by atoms with Gasteiger partial charge in [-0.3, -0.25) is 10.1 Å². The van der Waals surface area contributed by atoms with Crippen LogP contribution in [-0.4, -0.2) is 11.9 Å². The fourth-order valence-electron chi connectivity index (χ4n) is 2.00. The molecule has 2 aromatic carbocycles. The van der Waals surface area contributed by atoms with Gasteiger partial charge in [-0.1, -0.05) is 46.9 Å². The highest BCUT2D eigenvalue weighted by molar-refractivity contribution is 6.35. The average Bonchev–Trinajstić information content (AvgIpc) is 2.82. The Kier molecular flexibility index (Phi) is 4.57. The third kappa shape index (κ3) is 3.85. The number of carbonyl (C=O) groups excluding carboxylic acids is 1. The summed E-state index contributed by atoms with van der Waals surface area (Å²) in [5, 5.41) is 7.20. The zero-order chi connectivity index (χ0) is 16.4. The maximum absolute atomic E-state index is 12.0. The van der Waals surface area contributed by atoms with Gasteiger partial charge in [0, 0.05) is 20.8 Å². The number of amides is 1. The van der Waals surface area contributed by atoms with Crippen molar-refractivity contribution in [3.63, 3.8) is 0 Å². The Morgan fingerprint density at radius 3 is 2.57 bits per heavy atom. The Labute approximate surface area is 147 Å². The first-order chi connectivity index (χ1) is 11.0.